The van der Waals surface area contributed by atoms with Crippen molar-refractivity contribution in [3.8, 4) is 0 Å². The Kier molecular flexibility index (Phi) is 3.23. The molecular weight excluding hydrogens is 164 g/mol. The largest absolute Gasteiger partial charge is 0.378 e. The molecule has 0 spiro atoms. The van der Waals surface area contributed by atoms with Gasteiger partial charge in [-0.3, -0.25) is 0 Å². The monoisotopic (exact) mass is 184 g/mol. The molecule has 2 fully saturated rings. The van der Waals surface area contributed by atoms with E-state index in [0.717, 1.165) is 13.2 Å². The lowest BCUT2D eigenvalue weighted by molar-refractivity contribution is -0.0195. The molecule has 13 heavy (non-hydrogen) atoms. The normalized spacial score (nSPS) is 36.7. The first-order valence-corrected chi connectivity index (χ1v) is 5.65. The van der Waals surface area contributed by atoms with Crippen molar-refractivity contribution in [2.75, 3.05) is 13.2 Å². The van der Waals surface area contributed by atoms with Gasteiger partial charge in [0.25, 0.3) is 0 Å². The van der Waals surface area contributed by atoms with Crippen LogP contribution < -0.4 is 0 Å². The van der Waals surface area contributed by atoms with Crippen molar-refractivity contribution in [1.82, 2.24) is 0 Å². The van der Waals surface area contributed by atoms with Gasteiger partial charge in [-0.25, -0.2) is 0 Å². The maximum Gasteiger partial charge on any atom is 0.0628 e. The van der Waals surface area contributed by atoms with Gasteiger partial charge in [-0.1, -0.05) is 6.92 Å². The van der Waals surface area contributed by atoms with E-state index in [-0.39, 0.29) is 0 Å². The van der Waals surface area contributed by atoms with Crippen LogP contribution in [-0.4, -0.2) is 25.4 Å². The minimum Gasteiger partial charge on any atom is -0.378 e. The summed E-state index contributed by atoms with van der Waals surface area (Å²) in [7, 11) is 0. The molecule has 0 bridgehead atoms. The highest BCUT2D eigenvalue weighted by atomic mass is 16.5. The quantitative estimate of drug-likeness (QED) is 0.670. The summed E-state index contributed by atoms with van der Waals surface area (Å²) >= 11 is 0. The molecule has 2 atom stereocenters. The van der Waals surface area contributed by atoms with Gasteiger partial charge in [0.1, 0.15) is 0 Å². The zero-order valence-corrected chi connectivity index (χ0v) is 8.50. The van der Waals surface area contributed by atoms with E-state index in [2.05, 4.69) is 6.92 Å². The Hall–Kier alpha value is -0.0800. The van der Waals surface area contributed by atoms with Crippen LogP contribution in [-0.2, 0) is 9.47 Å². The summed E-state index contributed by atoms with van der Waals surface area (Å²) in [5, 5.41) is 0. The number of ether oxygens (including phenoxy) is 2. The van der Waals surface area contributed by atoms with Gasteiger partial charge < -0.3 is 9.47 Å². The van der Waals surface area contributed by atoms with E-state index in [4.69, 9.17) is 9.47 Å². The molecule has 76 valence electrons. The average Bonchev–Trinajstić information content (AvgIpc) is 2.76. The lowest BCUT2D eigenvalue weighted by Gasteiger charge is -2.26. The first kappa shape index (κ1) is 9.47. The summed E-state index contributed by atoms with van der Waals surface area (Å²) in [6.07, 6.45) is 7.18. The molecule has 2 unspecified atom stereocenters. The molecule has 0 aromatic carbocycles. The SMILES string of the molecule is CCC(C1CCCO1)C1CCCO1. The summed E-state index contributed by atoms with van der Waals surface area (Å²) in [4.78, 5) is 0. The Morgan fingerprint density at radius 1 is 1.08 bits per heavy atom. The zero-order valence-electron chi connectivity index (χ0n) is 8.50. The van der Waals surface area contributed by atoms with Gasteiger partial charge in [-0.05, 0) is 32.1 Å². The molecule has 2 rings (SSSR count). The van der Waals surface area contributed by atoms with E-state index in [9.17, 15) is 0 Å². The van der Waals surface area contributed by atoms with Gasteiger partial charge in [-0.15, -0.1) is 0 Å². The summed E-state index contributed by atoms with van der Waals surface area (Å²) in [5.41, 5.74) is 0. The average molecular weight is 184 g/mol. The lowest BCUT2D eigenvalue weighted by Crippen LogP contribution is -2.30. The highest BCUT2D eigenvalue weighted by Gasteiger charge is 2.33. The fourth-order valence-corrected chi connectivity index (χ4v) is 2.65. The standard InChI is InChI=1S/C11H20O2/c1-2-9(10-5-3-7-12-10)11-6-4-8-13-11/h9-11H,2-8H2,1H3. The van der Waals surface area contributed by atoms with E-state index in [1.807, 2.05) is 0 Å². The molecule has 2 aliphatic heterocycles. The van der Waals surface area contributed by atoms with Crippen molar-refractivity contribution in [2.24, 2.45) is 5.92 Å². The van der Waals surface area contributed by atoms with Gasteiger partial charge in [0, 0.05) is 19.1 Å². The molecule has 2 heterocycles. The summed E-state index contributed by atoms with van der Waals surface area (Å²) in [5.74, 6) is 0.657. The topological polar surface area (TPSA) is 18.5 Å². The highest BCUT2D eigenvalue weighted by Crippen LogP contribution is 2.31. The van der Waals surface area contributed by atoms with E-state index in [1.54, 1.807) is 0 Å². The second-order valence-corrected chi connectivity index (χ2v) is 4.18. The Morgan fingerprint density at radius 2 is 1.62 bits per heavy atom. The van der Waals surface area contributed by atoms with Crippen molar-refractivity contribution in [3.63, 3.8) is 0 Å². The van der Waals surface area contributed by atoms with Crippen LogP contribution in [0.1, 0.15) is 39.0 Å². The predicted molar refractivity (Wildman–Crippen MR) is 51.7 cm³/mol. The molecule has 2 heteroatoms. The maximum atomic E-state index is 5.74. The van der Waals surface area contributed by atoms with Gasteiger partial charge in [0.15, 0.2) is 0 Å². The molecule has 2 aliphatic rings. The number of rotatable bonds is 3. The van der Waals surface area contributed by atoms with Crippen LogP contribution in [0.25, 0.3) is 0 Å². The van der Waals surface area contributed by atoms with Gasteiger partial charge in [-0.2, -0.15) is 0 Å². The van der Waals surface area contributed by atoms with Crippen LogP contribution in [0.2, 0.25) is 0 Å². The third-order valence-corrected chi connectivity index (χ3v) is 3.36. The summed E-state index contributed by atoms with van der Waals surface area (Å²) < 4.78 is 11.5. The molecule has 0 saturated carbocycles. The van der Waals surface area contributed by atoms with Gasteiger partial charge in [0.05, 0.1) is 12.2 Å². The van der Waals surface area contributed by atoms with E-state index < -0.39 is 0 Å². The smallest absolute Gasteiger partial charge is 0.0628 e. The third kappa shape index (κ3) is 2.05. The van der Waals surface area contributed by atoms with Crippen LogP contribution in [0.3, 0.4) is 0 Å². The van der Waals surface area contributed by atoms with Crippen molar-refractivity contribution in [2.45, 2.75) is 51.2 Å². The van der Waals surface area contributed by atoms with E-state index >= 15 is 0 Å². The molecule has 0 N–H and O–H groups in total. The van der Waals surface area contributed by atoms with Crippen LogP contribution in [0.15, 0.2) is 0 Å². The molecule has 0 aromatic heterocycles. The van der Waals surface area contributed by atoms with Crippen LogP contribution in [0.5, 0.6) is 0 Å². The number of hydrogen-bond donors (Lipinski definition) is 0. The van der Waals surface area contributed by atoms with Crippen molar-refractivity contribution in [3.05, 3.63) is 0 Å². The first-order chi connectivity index (χ1) is 6.42. The predicted octanol–water partition coefficient (Wildman–Crippen LogP) is 2.37. The summed E-state index contributed by atoms with van der Waals surface area (Å²) in [6.45, 7) is 4.19. The molecule has 0 radical (unpaired) electrons. The molecular formula is C11H20O2. The Balaban J connectivity index is 1.90. The van der Waals surface area contributed by atoms with E-state index in [1.165, 1.54) is 32.1 Å². The van der Waals surface area contributed by atoms with Crippen LogP contribution >= 0.6 is 0 Å². The van der Waals surface area contributed by atoms with Crippen LogP contribution in [0.4, 0.5) is 0 Å². The van der Waals surface area contributed by atoms with Crippen molar-refractivity contribution >= 4 is 0 Å². The van der Waals surface area contributed by atoms with Gasteiger partial charge in [0.2, 0.25) is 0 Å². The van der Waals surface area contributed by atoms with Gasteiger partial charge >= 0.3 is 0 Å². The Bertz CT molecular complexity index is 130. The zero-order chi connectivity index (χ0) is 9.10. The highest BCUT2D eigenvalue weighted by molar-refractivity contribution is 4.82. The Labute approximate surface area is 80.6 Å². The maximum absolute atomic E-state index is 5.74. The minimum atomic E-state index is 0.494. The first-order valence-electron chi connectivity index (χ1n) is 5.65. The van der Waals surface area contributed by atoms with Crippen molar-refractivity contribution < 1.29 is 9.47 Å². The minimum absolute atomic E-state index is 0.494. The summed E-state index contributed by atoms with van der Waals surface area (Å²) in [6, 6.07) is 0. The van der Waals surface area contributed by atoms with Crippen molar-refractivity contribution in [1.29, 1.82) is 0 Å². The fraction of sp³-hybridized carbons (Fsp3) is 1.00. The molecule has 2 saturated heterocycles. The molecule has 0 aromatic rings. The number of hydrogen-bond acceptors (Lipinski definition) is 2. The Morgan fingerprint density at radius 3 is 1.92 bits per heavy atom. The lowest BCUT2D eigenvalue weighted by atomic mass is 9.90. The molecule has 0 aliphatic carbocycles. The second kappa shape index (κ2) is 4.43. The molecule has 0 amide bonds. The third-order valence-electron chi connectivity index (χ3n) is 3.36. The van der Waals surface area contributed by atoms with E-state index in [0.29, 0.717) is 18.1 Å². The molecule has 2 nitrogen and oxygen atoms in total. The van der Waals surface area contributed by atoms with Crippen LogP contribution in [0, 0.1) is 5.92 Å². The second-order valence-electron chi connectivity index (χ2n) is 4.18. The fourth-order valence-electron chi connectivity index (χ4n) is 2.65.